The number of rotatable bonds is 6. The maximum atomic E-state index is 7.43. The molecular weight excluding hydrogens is 731 g/mol. The standard InChI is InChI=1S/C57H39NO2/c1-57(2)48-28-13-11-24-42(48)43-32-31-40(34-49(43)57)58(39-22-15-21-38(33-39)36-17-5-3-6-18-36)50-29-16-27-45-47-35-52-53(46-26-12-14-30-51(46)59-52)54(56(47)60-55(45)50)44-25-10-9-23-41(44)37-19-7-4-8-20-37/h3-35H,1-2H3. The monoisotopic (exact) mass is 769 g/mol. The van der Waals surface area contributed by atoms with Gasteiger partial charge in [0.05, 0.1) is 5.69 Å². The lowest BCUT2D eigenvalue weighted by Crippen LogP contribution is -2.16. The molecule has 1 aliphatic rings. The van der Waals surface area contributed by atoms with E-state index in [4.69, 9.17) is 8.83 Å². The fourth-order valence-electron chi connectivity index (χ4n) is 9.84. The second-order valence-electron chi connectivity index (χ2n) is 16.4. The number of anilines is 3. The van der Waals surface area contributed by atoms with Crippen LogP contribution in [0.4, 0.5) is 17.1 Å². The predicted molar refractivity (Wildman–Crippen MR) is 250 cm³/mol. The van der Waals surface area contributed by atoms with Crippen molar-refractivity contribution in [3.8, 4) is 44.5 Å². The average Bonchev–Trinajstić information content (AvgIpc) is 3.94. The van der Waals surface area contributed by atoms with Gasteiger partial charge in [0.2, 0.25) is 0 Å². The number of furan rings is 2. The molecule has 0 saturated carbocycles. The van der Waals surface area contributed by atoms with Gasteiger partial charge in [-0.3, -0.25) is 0 Å². The summed E-state index contributed by atoms with van der Waals surface area (Å²) < 4.78 is 14.1. The number of nitrogens with zero attached hydrogens (tertiary/aromatic N) is 1. The third-order valence-corrected chi connectivity index (χ3v) is 12.7. The van der Waals surface area contributed by atoms with Crippen LogP contribution in [-0.4, -0.2) is 0 Å². The number of fused-ring (bicyclic) bond motifs is 9. The molecule has 2 aromatic heterocycles. The second kappa shape index (κ2) is 13.2. The van der Waals surface area contributed by atoms with Crippen molar-refractivity contribution in [1.29, 1.82) is 0 Å². The van der Waals surface area contributed by atoms with Crippen molar-refractivity contribution in [2.45, 2.75) is 19.3 Å². The van der Waals surface area contributed by atoms with E-state index < -0.39 is 0 Å². The van der Waals surface area contributed by atoms with E-state index >= 15 is 0 Å². The molecule has 0 amide bonds. The Labute approximate surface area is 348 Å². The normalized spacial score (nSPS) is 13.0. The highest BCUT2D eigenvalue weighted by molar-refractivity contribution is 6.25. The smallest absolute Gasteiger partial charge is 0.159 e. The summed E-state index contributed by atoms with van der Waals surface area (Å²) >= 11 is 0. The zero-order valence-corrected chi connectivity index (χ0v) is 33.3. The molecule has 2 heterocycles. The van der Waals surface area contributed by atoms with E-state index in [1.165, 1.54) is 27.8 Å². The zero-order valence-electron chi connectivity index (χ0n) is 33.3. The van der Waals surface area contributed by atoms with Crippen LogP contribution in [0.5, 0.6) is 0 Å². The van der Waals surface area contributed by atoms with Gasteiger partial charge in [-0.25, -0.2) is 0 Å². The SMILES string of the molecule is CC1(C)c2ccccc2-c2ccc(N(c3cccc(-c4ccccc4)c3)c3cccc4c3oc3c(-c5ccccc5-c5ccccc5)c5c(cc34)oc3ccccc35)cc21. The third kappa shape index (κ3) is 5.15. The minimum atomic E-state index is -0.164. The topological polar surface area (TPSA) is 29.5 Å². The summed E-state index contributed by atoms with van der Waals surface area (Å²) in [6, 6.07) is 71.6. The molecule has 0 saturated heterocycles. The molecule has 0 fully saturated rings. The van der Waals surface area contributed by atoms with Crippen LogP contribution in [0.15, 0.2) is 209 Å². The molecule has 0 atom stereocenters. The van der Waals surface area contributed by atoms with E-state index in [9.17, 15) is 0 Å². The fraction of sp³-hybridized carbons (Fsp3) is 0.0526. The maximum absolute atomic E-state index is 7.43. The van der Waals surface area contributed by atoms with Crippen molar-refractivity contribution in [3.05, 3.63) is 211 Å². The molecule has 60 heavy (non-hydrogen) atoms. The molecule has 1 aliphatic carbocycles. The largest absolute Gasteiger partial charge is 0.456 e. The zero-order chi connectivity index (χ0) is 40.0. The summed E-state index contributed by atoms with van der Waals surface area (Å²) in [5.41, 5.74) is 18.3. The Morgan fingerprint density at radius 1 is 0.383 bits per heavy atom. The lowest BCUT2D eigenvalue weighted by molar-refractivity contribution is 0.660. The van der Waals surface area contributed by atoms with E-state index in [-0.39, 0.29) is 5.41 Å². The molecule has 11 aromatic rings. The summed E-state index contributed by atoms with van der Waals surface area (Å²) in [5.74, 6) is 0. The molecule has 12 rings (SSSR count). The van der Waals surface area contributed by atoms with Gasteiger partial charge >= 0.3 is 0 Å². The molecule has 9 aromatic carbocycles. The average molecular weight is 770 g/mol. The maximum Gasteiger partial charge on any atom is 0.159 e. The Bertz CT molecular complexity index is 3460. The first-order valence-corrected chi connectivity index (χ1v) is 20.7. The van der Waals surface area contributed by atoms with Gasteiger partial charge in [-0.1, -0.05) is 172 Å². The Morgan fingerprint density at radius 3 is 1.85 bits per heavy atom. The van der Waals surface area contributed by atoms with Crippen LogP contribution in [-0.2, 0) is 5.41 Å². The van der Waals surface area contributed by atoms with Crippen LogP contribution in [0.1, 0.15) is 25.0 Å². The third-order valence-electron chi connectivity index (χ3n) is 12.7. The predicted octanol–water partition coefficient (Wildman–Crippen LogP) is 16.3. The van der Waals surface area contributed by atoms with Crippen LogP contribution in [0.25, 0.3) is 88.4 Å². The van der Waals surface area contributed by atoms with Gasteiger partial charge in [-0.15, -0.1) is 0 Å². The van der Waals surface area contributed by atoms with Crippen molar-refractivity contribution < 1.29 is 8.83 Å². The minimum Gasteiger partial charge on any atom is -0.456 e. The fourth-order valence-corrected chi connectivity index (χ4v) is 9.84. The highest BCUT2D eigenvalue weighted by Gasteiger charge is 2.36. The van der Waals surface area contributed by atoms with Gasteiger partial charge in [0, 0.05) is 43.9 Å². The second-order valence-corrected chi connectivity index (χ2v) is 16.4. The quantitative estimate of drug-likeness (QED) is 0.169. The molecule has 0 unspecified atom stereocenters. The number of benzene rings is 9. The van der Waals surface area contributed by atoms with Gasteiger partial charge in [0.25, 0.3) is 0 Å². The highest BCUT2D eigenvalue weighted by atomic mass is 16.3. The van der Waals surface area contributed by atoms with Crippen LogP contribution in [0, 0.1) is 0 Å². The summed E-state index contributed by atoms with van der Waals surface area (Å²) in [5, 5.41) is 4.16. The van der Waals surface area contributed by atoms with E-state index in [0.717, 1.165) is 88.8 Å². The Hall–Kier alpha value is -7.62. The molecule has 3 heteroatoms. The molecule has 0 bridgehead atoms. The first-order chi connectivity index (χ1) is 29.5. The molecule has 0 N–H and O–H groups in total. The first-order valence-electron chi connectivity index (χ1n) is 20.7. The van der Waals surface area contributed by atoms with Gasteiger partial charge in [-0.2, -0.15) is 0 Å². The molecule has 0 aliphatic heterocycles. The van der Waals surface area contributed by atoms with Crippen molar-refractivity contribution in [2.24, 2.45) is 0 Å². The van der Waals surface area contributed by atoms with Crippen molar-refractivity contribution in [1.82, 2.24) is 0 Å². The summed E-state index contributed by atoms with van der Waals surface area (Å²) in [7, 11) is 0. The van der Waals surface area contributed by atoms with Gasteiger partial charge in [-0.05, 0) is 92.5 Å². The molecule has 0 spiro atoms. The van der Waals surface area contributed by atoms with Crippen molar-refractivity contribution in [3.63, 3.8) is 0 Å². The lowest BCUT2D eigenvalue weighted by Gasteiger charge is -2.28. The highest BCUT2D eigenvalue weighted by Crippen LogP contribution is 2.53. The van der Waals surface area contributed by atoms with Crippen molar-refractivity contribution in [2.75, 3.05) is 4.90 Å². The van der Waals surface area contributed by atoms with E-state index in [1.54, 1.807) is 0 Å². The van der Waals surface area contributed by atoms with Crippen LogP contribution >= 0.6 is 0 Å². The molecule has 284 valence electrons. The Kier molecular flexibility index (Phi) is 7.58. The van der Waals surface area contributed by atoms with E-state index in [1.807, 2.05) is 6.07 Å². The Balaban J connectivity index is 1.15. The number of para-hydroxylation sites is 2. The lowest BCUT2D eigenvalue weighted by atomic mass is 9.82. The summed E-state index contributed by atoms with van der Waals surface area (Å²) in [4.78, 5) is 2.38. The van der Waals surface area contributed by atoms with E-state index in [0.29, 0.717) is 0 Å². The van der Waals surface area contributed by atoms with Crippen LogP contribution in [0.2, 0.25) is 0 Å². The summed E-state index contributed by atoms with van der Waals surface area (Å²) in [6.45, 7) is 4.69. The van der Waals surface area contributed by atoms with Gasteiger partial charge in [0.1, 0.15) is 16.7 Å². The molecule has 0 radical (unpaired) electrons. The van der Waals surface area contributed by atoms with Crippen molar-refractivity contribution >= 4 is 60.9 Å². The van der Waals surface area contributed by atoms with Gasteiger partial charge < -0.3 is 13.7 Å². The minimum absolute atomic E-state index is 0.164. The molecule has 3 nitrogen and oxygen atoms in total. The summed E-state index contributed by atoms with van der Waals surface area (Å²) in [6.07, 6.45) is 0. The molecular formula is C57H39NO2. The Morgan fingerprint density at radius 2 is 1.02 bits per heavy atom. The number of hydrogen-bond acceptors (Lipinski definition) is 3. The first kappa shape index (κ1) is 34.4. The van der Waals surface area contributed by atoms with Crippen LogP contribution in [0.3, 0.4) is 0 Å². The number of hydrogen-bond donors (Lipinski definition) is 0. The van der Waals surface area contributed by atoms with Gasteiger partial charge in [0.15, 0.2) is 5.58 Å². The van der Waals surface area contributed by atoms with E-state index in [2.05, 4.69) is 213 Å². The van der Waals surface area contributed by atoms with Crippen LogP contribution < -0.4 is 4.90 Å².